The summed E-state index contributed by atoms with van der Waals surface area (Å²) in [7, 11) is 0. The molecule has 0 radical (unpaired) electrons. The van der Waals surface area contributed by atoms with Gasteiger partial charge in [0, 0.05) is 25.3 Å². The molecular weight excluding hydrogens is 298 g/mol. The highest BCUT2D eigenvalue weighted by Gasteiger charge is 2.11. The summed E-state index contributed by atoms with van der Waals surface area (Å²) in [5.41, 5.74) is 1.14. The fourth-order valence-electron chi connectivity index (χ4n) is 2.10. The van der Waals surface area contributed by atoms with E-state index in [-0.39, 0.29) is 5.91 Å². The highest BCUT2D eigenvalue weighted by molar-refractivity contribution is 7.99. The van der Waals surface area contributed by atoms with Crippen molar-refractivity contribution in [1.29, 1.82) is 0 Å². The summed E-state index contributed by atoms with van der Waals surface area (Å²) in [4.78, 5) is 13.7. The van der Waals surface area contributed by atoms with Crippen LogP contribution in [0.15, 0.2) is 40.0 Å². The molecule has 1 aromatic heterocycles. The quantitative estimate of drug-likeness (QED) is 0.700. The number of thioether (sulfide) groups is 1. The number of hydrogen-bond donors (Lipinski definition) is 0. The first-order chi connectivity index (χ1) is 10.7. The molecule has 2 aromatic rings. The lowest BCUT2D eigenvalue weighted by atomic mass is 10.2. The highest BCUT2D eigenvalue weighted by Crippen LogP contribution is 2.18. The summed E-state index contributed by atoms with van der Waals surface area (Å²) < 4.78 is 5.60. The van der Waals surface area contributed by atoms with Gasteiger partial charge in [-0.05, 0) is 19.4 Å². The van der Waals surface area contributed by atoms with Gasteiger partial charge >= 0.3 is 0 Å². The molecule has 0 spiro atoms. The number of carbonyl (C=O) groups is 1. The van der Waals surface area contributed by atoms with E-state index in [0.29, 0.717) is 29.7 Å². The zero-order valence-corrected chi connectivity index (χ0v) is 13.8. The van der Waals surface area contributed by atoms with E-state index in [1.54, 1.807) is 0 Å². The summed E-state index contributed by atoms with van der Waals surface area (Å²) in [6, 6.07) is 10.0. The maximum atomic E-state index is 11.9. The van der Waals surface area contributed by atoms with Crippen molar-refractivity contribution in [2.24, 2.45) is 0 Å². The molecule has 0 aliphatic heterocycles. The molecule has 0 aliphatic carbocycles. The third kappa shape index (κ3) is 4.87. The van der Waals surface area contributed by atoms with Crippen LogP contribution in [-0.2, 0) is 11.2 Å². The average Bonchev–Trinajstić information content (AvgIpc) is 2.97. The summed E-state index contributed by atoms with van der Waals surface area (Å²) in [6.07, 6.45) is 1.12. The first-order valence-corrected chi connectivity index (χ1v) is 8.48. The number of hydrogen-bond acceptors (Lipinski definition) is 5. The average molecular weight is 319 g/mol. The van der Waals surface area contributed by atoms with Crippen molar-refractivity contribution < 1.29 is 9.21 Å². The molecule has 22 heavy (non-hydrogen) atoms. The van der Waals surface area contributed by atoms with Gasteiger partial charge in [-0.1, -0.05) is 42.1 Å². The number of rotatable bonds is 8. The van der Waals surface area contributed by atoms with Gasteiger partial charge in [0.25, 0.3) is 5.22 Å². The summed E-state index contributed by atoms with van der Waals surface area (Å²) in [6.45, 7) is 5.48. The topological polar surface area (TPSA) is 59.2 Å². The number of benzene rings is 1. The molecule has 0 saturated heterocycles. The second-order valence-electron chi connectivity index (χ2n) is 4.79. The van der Waals surface area contributed by atoms with Gasteiger partial charge in [-0.2, -0.15) is 0 Å². The van der Waals surface area contributed by atoms with E-state index in [2.05, 4.69) is 10.2 Å². The van der Waals surface area contributed by atoms with Gasteiger partial charge in [-0.3, -0.25) is 4.79 Å². The molecule has 5 nitrogen and oxygen atoms in total. The fourth-order valence-corrected chi connectivity index (χ4v) is 2.80. The number of carbonyl (C=O) groups excluding carboxylic acids is 1. The largest absolute Gasteiger partial charge is 0.416 e. The van der Waals surface area contributed by atoms with Gasteiger partial charge in [0.2, 0.25) is 11.8 Å². The minimum Gasteiger partial charge on any atom is -0.416 e. The third-order valence-corrected chi connectivity index (χ3v) is 4.12. The van der Waals surface area contributed by atoms with Crippen molar-refractivity contribution in [2.45, 2.75) is 31.9 Å². The van der Waals surface area contributed by atoms with Gasteiger partial charge in [0.1, 0.15) is 0 Å². The van der Waals surface area contributed by atoms with Crippen LogP contribution in [0, 0.1) is 0 Å². The molecule has 0 unspecified atom stereocenters. The van der Waals surface area contributed by atoms with Crippen molar-refractivity contribution in [2.75, 3.05) is 18.8 Å². The molecular formula is C16H21N3O2S. The van der Waals surface area contributed by atoms with Crippen LogP contribution in [0.1, 0.15) is 31.7 Å². The Morgan fingerprint density at radius 1 is 1.18 bits per heavy atom. The lowest BCUT2D eigenvalue weighted by Crippen LogP contribution is -2.30. The van der Waals surface area contributed by atoms with Crippen LogP contribution in [0.4, 0.5) is 0 Å². The summed E-state index contributed by atoms with van der Waals surface area (Å²) in [5.74, 6) is 1.42. The maximum absolute atomic E-state index is 11.9. The molecule has 0 fully saturated rings. The second-order valence-corrected chi connectivity index (χ2v) is 5.83. The van der Waals surface area contributed by atoms with Gasteiger partial charge in [-0.15, -0.1) is 10.2 Å². The number of aromatic nitrogens is 2. The Balaban J connectivity index is 1.79. The smallest absolute Gasteiger partial charge is 0.276 e. The minimum absolute atomic E-state index is 0.168. The van der Waals surface area contributed by atoms with Crippen LogP contribution in [0.25, 0.3) is 0 Å². The van der Waals surface area contributed by atoms with Crippen molar-refractivity contribution in [3.63, 3.8) is 0 Å². The second kappa shape index (κ2) is 8.58. The van der Waals surface area contributed by atoms with Crippen LogP contribution < -0.4 is 0 Å². The Kier molecular flexibility index (Phi) is 6.45. The number of nitrogens with zero attached hydrogens (tertiary/aromatic N) is 3. The van der Waals surface area contributed by atoms with E-state index in [1.165, 1.54) is 11.8 Å². The number of amides is 1. The van der Waals surface area contributed by atoms with Crippen LogP contribution >= 0.6 is 11.8 Å². The van der Waals surface area contributed by atoms with Crippen molar-refractivity contribution in [1.82, 2.24) is 15.1 Å². The predicted octanol–water partition coefficient (Wildman–Crippen LogP) is 3.01. The van der Waals surface area contributed by atoms with Crippen LogP contribution in [0.5, 0.6) is 0 Å². The van der Waals surface area contributed by atoms with Crippen LogP contribution in [0.2, 0.25) is 0 Å². The van der Waals surface area contributed by atoms with E-state index in [1.807, 2.05) is 49.1 Å². The predicted molar refractivity (Wildman–Crippen MR) is 86.8 cm³/mol. The maximum Gasteiger partial charge on any atom is 0.276 e. The Morgan fingerprint density at radius 3 is 2.59 bits per heavy atom. The standard InChI is InChI=1S/C16H21N3O2S/c1-3-19(4-2)15(20)10-11-22-16-18-17-14(21-16)12-13-8-6-5-7-9-13/h5-9H,3-4,10-12H2,1-2H3. The molecule has 6 heteroatoms. The molecule has 1 aromatic carbocycles. The molecule has 118 valence electrons. The third-order valence-electron chi connectivity index (χ3n) is 3.30. The SMILES string of the molecule is CCN(CC)C(=O)CCSc1nnc(Cc2ccccc2)o1. The highest BCUT2D eigenvalue weighted by atomic mass is 32.2. The van der Waals surface area contributed by atoms with Crippen molar-refractivity contribution in [3.8, 4) is 0 Å². The first kappa shape index (κ1) is 16.5. The molecule has 1 amide bonds. The molecule has 0 aliphatic rings. The van der Waals surface area contributed by atoms with Gasteiger partial charge < -0.3 is 9.32 Å². The minimum atomic E-state index is 0.168. The zero-order valence-electron chi connectivity index (χ0n) is 13.0. The van der Waals surface area contributed by atoms with Crippen molar-refractivity contribution >= 4 is 17.7 Å². The Labute approximate surface area is 135 Å². The lowest BCUT2D eigenvalue weighted by molar-refractivity contribution is -0.130. The molecule has 1 heterocycles. The summed E-state index contributed by atoms with van der Waals surface area (Å²) >= 11 is 1.43. The molecule has 2 rings (SSSR count). The van der Waals surface area contributed by atoms with E-state index in [0.717, 1.165) is 18.7 Å². The lowest BCUT2D eigenvalue weighted by Gasteiger charge is -2.17. The van der Waals surface area contributed by atoms with E-state index in [9.17, 15) is 4.79 Å². The molecule has 0 bridgehead atoms. The van der Waals surface area contributed by atoms with Gasteiger partial charge in [0.05, 0.1) is 6.42 Å². The Morgan fingerprint density at radius 2 is 1.91 bits per heavy atom. The normalized spacial score (nSPS) is 10.6. The zero-order chi connectivity index (χ0) is 15.8. The fraction of sp³-hybridized carbons (Fsp3) is 0.438. The van der Waals surface area contributed by atoms with Crippen molar-refractivity contribution in [3.05, 3.63) is 41.8 Å². The van der Waals surface area contributed by atoms with Crippen LogP contribution in [0.3, 0.4) is 0 Å². The van der Waals surface area contributed by atoms with E-state index < -0.39 is 0 Å². The Bertz CT molecular complexity index is 582. The Hall–Kier alpha value is -1.82. The summed E-state index contributed by atoms with van der Waals surface area (Å²) in [5, 5.41) is 8.59. The van der Waals surface area contributed by atoms with Gasteiger partial charge in [-0.25, -0.2) is 0 Å². The van der Waals surface area contributed by atoms with Gasteiger partial charge in [0.15, 0.2) is 0 Å². The van der Waals surface area contributed by atoms with E-state index >= 15 is 0 Å². The van der Waals surface area contributed by atoms with E-state index in [4.69, 9.17) is 4.42 Å². The monoisotopic (exact) mass is 319 g/mol. The molecule has 0 saturated carbocycles. The molecule has 0 atom stereocenters. The van der Waals surface area contributed by atoms with Crippen LogP contribution in [-0.4, -0.2) is 39.8 Å². The first-order valence-electron chi connectivity index (χ1n) is 7.49. The molecule has 0 N–H and O–H groups in total.